The molecule has 138 valence electrons. The van der Waals surface area contributed by atoms with Crippen molar-refractivity contribution in [3.05, 3.63) is 11.6 Å². The molecule has 0 aliphatic heterocycles. The number of hydrogen-bond donors (Lipinski definition) is 1. The molecule has 0 saturated heterocycles. The number of carbonyl (C=O) groups excluding carboxylic acids is 2. The van der Waals surface area contributed by atoms with E-state index in [-0.39, 0.29) is 25.6 Å². The number of hydrogen-bond acceptors (Lipinski definition) is 6. The highest BCUT2D eigenvalue weighted by Crippen LogP contribution is 2.35. The lowest BCUT2D eigenvalue weighted by atomic mass is 10.2. The molecule has 0 aromatic rings. The average Bonchev–Trinajstić information content (AvgIpc) is 2.53. The Morgan fingerprint density at radius 2 is 1.71 bits per heavy atom. The van der Waals surface area contributed by atoms with Gasteiger partial charge >= 0.3 is 20.0 Å². The Morgan fingerprint density at radius 3 is 2.29 bits per heavy atom. The van der Waals surface area contributed by atoms with Crippen molar-refractivity contribution in [2.45, 2.75) is 58.7 Å². The third-order valence-electron chi connectivity index (χ3n) is 3.28. The summed E-state index contributed by atoms with van der Waals surface area (Å²) < 4.78 is 26.2. The normalized spacial score (nSPS) is 12.7. The predicted molar refractivity (Wildman–Crippen MR) is 89.7 cm³/mol. The van der Waals surface area contributed by atoms with Gasteiger partial charge in [-0.3, -0.25) is 4.79 Å². The fraction of sp³-hybridized carbons (Fsp3) is 0.750. The van der Waals surface area contributed by atoms with Crippen LogP contribution in [0.15, 0.2) is 11.6 Å². The van der Waals surface area contributed by atoms with Crippen molar-refractivity contribution in [2.75, 3.05) is 19.8 Å². The number of rotatable bonds is 12. The summed E-state index contributed by atoms with van der Waals surface area (Å²) in [6.07, 6.45) is 4.02. The summed E-state index contributed by atoms with van der Waals surface area (Å²) >= 11 is 0. The smallest absolute Gasteiger partial charge is 0.462 e. The van der Waals surface area contributed by atoms with Crippen molar-refractivity contribution < 1.29 is 33.3 Å². The molecule has 0 spiro atoms. The summed E-state index contributed by atoms with van der Waals surface area (Å²) in [4.78, 5) is 31.8. The van der Waals surface area contributed by atoms with Crippen LogP contribution >= 0.6 is 8.03 Å². The molecule has 0 heterocycles. The Kier molecular flexibility index (Phi) is 11.5. The van der Waals surface area contributed by atoms with Crippen LogP contribution in [0.4, 0.5) is 0 Å². The van der Waals surface area contributed by atoms with Crippen molar-refractivity contribution in [1.82, 2.24) is 0 Å². The second-order valence-electron chi connectivity index (χ2n) is 5.71. The van der Waals surface area contributed by atoms with Gasteiger partial charge in [-0.05, 0) is 31.3 Å². The van der Waals surface area contributed by atoms with E-state index in [0.29, 0.717) is 25.0 Å². The van der Waals surface area contributed by atoms with Crippen molar-refractivity contribution in [3.8, 4) is 0 Å². The van der Waals surface area contributed by atoms with Crippen molar-refractivity contribution in [2.24, 2.45) is 0 Å². The maximum Gasteiger partial charge on any atom is 0.540 e. The zero-order chi connectivity index (χ0) is 18.6. The lowest BCUT2D eigenvalue weighted by Crippen LogP contribution is -2.20. The Bertz CT molecular complexity index is 457. The van der Waals surface area contributed by atoms with Gasteiger partial charge in [0.2, 0.25) is 0 Å². The number of esters is 2. The van der Waals surface area contributed by atoms with Crippen LogP contribution in [-0.2, 0) is 28.4 Å². The Balaban J connectivity index is 3.61. The molecule has 1 atom stereocenters. The van der Waals surface area contributed by atoms with E-state index in [4.69, 9.17) is 19.1 Å². The highest BCUT2D eigenvalue weighted by molar-refractivity contribution is 7.39. The summed E-state index contributed by atoms with van der Waals surface area (Å²) in [5, 5.41) is -1.04. The molecule has 0 bridgehead atoms. The molecule has 7 nitrogen and oxygen atoms in total. The maximum absolute atomic E-state index is 11.5. The van der Waals surface area contributed by atoms with Crippen LogP contribution in [0.2, 0.25) is 0 Å². The van der Waals surface area contributed by atoms with E-state index in [0.717, 1.165) is 6.42 Å². The Morgan fingerprint density at radius 1 is 1.08 bits per heavy atom. The zero-order valence-electron chi connectivity index (χ0n) is 14.9. The minimum absolute atomic E-state index is 0.0397. The highest BCUT2D eigenvalue weighted by Gasteiger charge is 2.40. The van der Waals surface area contributed by atoms with Crippen LogP contribution in [0.3, 0.4) is 0 Å². The second kappa shape index (κ2) is 12.1. The molecular formula is C16H28O7P+. The van der Waals surface area contributed by atoms with Gasteiger partial charge in [0.15, 0.2) is 0 Å². The Labute approximate surface area is 144 Å². The minimum atomic E-state index is -2.38. The van der Waals surface area contributed by atoms with Gasteiger partial charge in [-0.25, -0.2) is 4.79 Å². The van der Waals surface area contributed by atoms with Crippen LogP contribution in [0.1, 0.15) is 53.4 Å². The molecular weight excluding hydrogens is 335 g/mol. The van der Waals surface area contributed by atoms with Gasteiger partial charge in [0, 0.05) is 25.8 Å². The molecule has 0 aliphatic carbocycles. The lowest BCUT2D eigenvalue weighted by molar-refractivity contribution is -0.150. The lowest BCUT2D eigenvalue weighted by Gasteiger charge is -2.11. The maximum atomic E-state index is 11.5. The predicted octanol–water partition coefficient (Wildman–Crippen LogP) is 3.09. The molecule has 1 N–H and O–H groups in total. The van der Waals surface area contributed by atoms with Gasteiger partial charge in [-0.2, -0.15) is 4.89 Å². The molecule has 0 aliphatic rings. The van der Waals surface area contributed by atoms with E-state index in [1.807, 2.05) is 0 Å². The topological polar surface area (TPSA) is 99.1 Å². The number of allylic oxidation sites excluding steroid dienone is 1. The van der Waals surface area contributed by atoms with Gasteiger partial charge in [-0.1, -0.05) is 12.5 Å². The van der Waals surface area contributed by atoms with Crippen LogP contribution < -0.4 is 0 Å². The first-order valence-electron chi connectivity index (χ1n) is 7.96. The van der Waals surface area contributed by atoms with E-state index in [9.17, 15) is 14.2 Å². The Hall–Kier alpha value is -1.30. The molecule has 0 rings (SSSR count). The minimum Gasteiger partial charge on any atom is -0.462 e. The molecule has 1 unspecified atom stereocenters. The second-order valence-corrected chi connectivity index (χ2v) is 7.33. The van der Waals surface area contributed by atoms with E-state index >= 15 is 0 Å². The standard InChI is InChI=1S/C16H27O7P/c1-5-13(2)15(18)22-12-11-21-14(17)9-7-6-8-10-23-16(3,4)24(19)20/h5H,6-12H2,1-4H3/p+1/b13-5+. The first-order chi connectivity index (χ1) is 11.2. The van der Waals surface area contributed by atoms with Crippen LogP contribution in [-0.4, -0.2) is 42.0 Å². The summed E-state index contributed by atoms with van der Waals surface area (Å²) in [6.45, 7) is 6.97. The molecule has 0 amide bonds. The van der Waals surface area contributed by atoms with Crippen molar-refractivity contribution in [3.63, 3.8) is 0 Å². The molecule has 24 heavy (non-hydrogen) atoms. The van der Waals surface area contributed by atoms with E-state index in [1.165, 1.54) is 0 Å². The molecule has 0 aromatic carbocycles. The first kappa shape index (κ1) is 22.7. The average molecular weight is 363 g/mol. The third kappa shape index (κ3) is 10.5. The van der Waals surface area contributed by atoms with Crippen LogP contribution in [0.25, 0.3) is 0 Å². The largest absolute Gasteiger partial charge is 0.540 e. The van der Waals surface area contributed by atoms with Gasteiger partial charge in [0.05, 0.1) is 6.61 Å². The van der Waals surface area contributed by atoms with Gasteiger partial charge < -0.3 is 14.2 Å². The molecule has 0 fully saturated rings. The monoisotopic (exact) mass is 363 g/mol. The molecule has 0 saturated carbocycles. The van der Waals surface area contributed by atoms with Crippen LogP contribution in [0, 0.1) is 0 Å². The third-order valence-corrected chi connectivity index (χ3v) is 4.33. The number of carbonyl (C=O) groups is 2. The molecule has 0 aromatic heterocycles. The van der Waals surface area contributed by atoms with Gasteiger partial charge in [0.1, 0.15) is 13.2 Å². The van der Waals surface area contributed by atoms with Crippen molar-refractivity contribution in [1.29, 1.82) is 0 Å². The van der Waals surface area contributed by atoms with E-state index < -0.39 is 19.3 Å². The quantitative estimate of drug-likeness (QED) is 0.246. The van der Waals surface area contributed by atoms with Crippen molar-refractivity contribution >= 4 is 20.0 Å². The van der Waals surface area contributed by atoms with E-state index in [2.05, 4.69) is 0 Å². The highest BCUT2D eigenvalue weighted by atomic mass is 31.1. The summed E-state index contributed by atoms with van der Waals surface area (Å²) in [6, 6.07) is 0. The zero-order valence-corrected chi connectivity index (χ0v) is 15.8. The summed E-state index contributed by atoms with van der Waals surface area (Å²) in [7, 11) is -2.38. The van der Waals surface area contributed by atoms with Gasteiger partial charge in [-0.15, -0.1) is 0 Å². The summed E-state index contributed by atoms with van der Waals surface area (Å²) in [5.41, 5.74) is 0.512. The number of ether oxygens (including phenoxy) is 3. The summed E-state index contributed by atoms with van der Waals surface area (Å²) in [5.74, 6) is -0.755. The van der Waals surface area contributed by atoms with Gasteiger partial charge in [0.25, 0.3) is 5.34 Å². The first-order valence-corrected chi connectivity index (χ1v) is 9.17. The van der Waals surface area contributed by atoms with Crippen LogP contribution in [0.5, 0.6) is 0 Å². The van der Waals surface area contributed by atoms with E-state index in [1.54, 1.807) is 33.8 Å². The number of unbranched alkanes of at least 4 members (excludes halogenated alkanes) is 2. The fourth-order valence-corrected chi connectivity index (χ4v) is 1.72. The fourth-order valence-electron chi connectivity index (χ4n) is 1.52. The SMILES string of the molecule is C/C=C(\C)C(=O)OCCOC(=O)CCCCCOC(C)(C)[P+](=O)O. The molecule has 8 heteroatoms. The molecule has 0 radical (unpaired) electrons.